The van der Waals surface area contributed by atoms with Gasteiger partial charge in [0, 0.05) is 17.5 Å². The Morgan fingerprint density at radius 1 is 1.00 bits per heavy atom. The van der Waals surface area contributed by atoms with E-state index in [4.69, 9.17) is 0 Å². The van der Waals surface area contributed by atoms with Crippen LogP contribution in [0.4, 0.5) is 8.78 Å². The minimum Gasteiger partial charge on any atom is -0.352 e. The Morgan fingerprint density at radius 3 is 2.32 bits per heavy atom. The average Bonchev–Trinajstić information content (AvgIpc) is 3.13. The van der Waals surface area contributed by atoms with Crippen molar-refractivity contribution in [1.29, 1.82) is 0 Å². The third kappa shape index (κ3) is 5.97. The first-order chi connectivity index (χ1) is 13.5. The standard InChI is InChI=1S/C20H16F2N2O2S2/c21-15-5-1-13(2-6-15)10-23-19(26)9-17-11-27-20(24-17)28-12-18(25)14-3-7-16(22)8-4-14/h1-8,11H,9-10,12H2,(H,23,26). The van der Waals surface area contributed by atoms with Gasteiger partial charge in [0.05, 0.1) is 17.9 Å². The molecule has 3 aromatic rings. The molecule has 144 valence electrons. The summed E-state index contributed by atoms with van der Waals surface area (Å²) in [6.45, 7) is 0.316. The molecule has 28 heavy (non-hydrogen) atoms. The van der Waals surface area contributed by atoms with Gasteiger partial charge in [0.1, 0.15) is 11.6 Å². The van der Waals surface area contributed by atoms with Crippen LogP contribution < -0.4 is 5.32 Å². The van der Waals surface area contributed by atoms with Crippen molar-refractivity contribution in [3.05, 3.63) is 82.4 Å². The average molecular weight is 418 g/mol. The zero-order valence-electron chi connectivity index (χ0n) is 14.7. The highest BCUT2D eigenvalue weighted by atomic mass is 32.2. The van der Waals surface area contributed by atoms with Gasteiger partial charge in [-0.25, -0.2) is 13.8 Å². The zero-order chi connectivity index (χ0) is 19.9. The van der Waals surface area contributed by atoms with Crippen LogP contribution in [0.25, 0.3) is 0 Å². The van der Waals surface area contributed by atoms with E-state index in [1.54, 1.807) is 17.5 Å². The van der Waals surface area contributed by atoms with Gasteiger partial charge in [0.15, 0.2) is 10.1 Å². The molecule has 0 saturated heterocycles. The highest BCUT2D eigenvalue weighted by Crippen LogP contribution is 2.24. The molecular formula is C20H16F2N2O2S2. The molecule has 4 nitrogen and oxygen atoms in total. The molecule has 1 amide bonds. The summed E-state index contributed by atoms with van der Waals surface area (Å²) in [5, 5.41) is 4.54. The van der Waals surface area contributed by atoms with E-state index >= 15 is 0 Å². The molecule has 3 rings (SSSR count). The largest absolute Gasteiger partial charge is 0.352 e. The van der Waals surface area contributed by atoms with Crippen molar-refractivity contribution in [3.63, 3.8) is 0 Å². The number of thioether (sulfide) groups is 1. The first kappa shape index (κ1) is 20.2. The molecule has 0 aliphatic rings. The van der Waals surface area contributed by atoms with E-state index in [1.165, 1.54) is 59.5 Å². The number of amides is 1. The molecule has 0 atom stereocenters. The van der Waals surface area contributed by atoms with Crippen molar-refractivity contribution in [2.75, 3.05) is 5.75 Å². The van der Waals surface area contributed by atoms with Crippen molar-refractivity contribution in [2.45, 2.75) is 17.3 Å². The van der Waals surface area contributed by atoms with E-state index in [9.17, 15) is 18.4 Å². The van der Waals surface area contributed by atoms with Crippen LogP contribution in [-0.2, 0) is 17.8 Å². The molecule has 0 bridgehead atoms. The van der Waals surface area contributed by atoms with Crippen LogP contribution in [0.1, 0.15) is 21.6 Å². The van der Waals surface area contributed by atoms with Gasteiger partial charge in [0.25, 0.3) is 0 Å². The summed E-state index contributed by atoms with van der Waals surface area (Å²) < 4.78 is 26.5. The predicted molar refractivity (Wildman–Crippen MR) is 106 cm³/mol. The number of hydrogen-bond acceptors (Lipinski definition) is 5. The van der Waals surface area contributed by atoms with Gasteiger partial charge in [-0.05, 0) is 42.0 Å². The smallest absolute Gasteiger partial charge is 0.226 e. The molecule has 1 N–H and O–H groups in total. The number of hydrogen-bond donors (Lipinski definition) is 1. The fourth-order valence-corrected chi connectivity index (χ4v) is 4.05. The van der Waals surface area contributed by atoms with Gasteiger partial charge >= 0.3 is 0 Å². The van der Waals surface area contributed by atoms with Gasteiger partial charge in [-0.15, -0.1) is 11.3 Å². The molecule has 0 fully saturated rings. The predicted octanol–water partition coefficient (Wildman–Crippen LogP) is 4.26. The van der Waals surface area contributed by atoms with Gasteiger partial charge < -0.3 is 5.32 Å². The third-order valence-electron chi connectivity index (χ3n) is 3.77. The van der Waals surface area contributed by atoms with Crippen LogP contribution in [0.2, 0.25) is 0 Å². The summed E-state index contributed by atoms with van der Waals surface area (Å²) in [7, 11) is 0. The number of thiazole rings is 1. The van der Waals surface area contributed by atoms with Gasteiger partial charge in [-0.3, -0.25) is 9.59 Å². The lowest BCUT2D eigenvalue weighted by Gasteiger charge is -2.04. The van der Waals surface area contributed by atoms with Crippen molar-refractivity contribution in [3.8, 4) is 0 Å². The number of carbonyl (C=O) groups is 2. The number of benzene rings is 2. The fourth-order valence-electron chi connectivity index (χ4n) is 2.31. The minimum atomic E-state index is -0.383. The molecule has 8 heteroatoms. The first-order valence-corrected chi connectivity index (χ1v) is 10.2. The van der Waals surface area contributed by atoms with Crippen LogP contribution in [0, 0.1) is 11.6 Å². The summed E-state index contributed by atoms with van der Waals surface area (Å²) in [6.07, 6.45) is 0.129. The molecule has 0 aliphatic carbocycles. The summed E-state index contributed by atoms with van der Waals surface area (Å²) in [5.74, 6) is -0.811. The Balaban J connectivity index is 1.45. The number of halogens is 2. The number of carbonyl (C=O) groups excluding carboxylic acids is 2. The SMILES string of the molecule is O=C(Cc1csc(SCC(=O)c2ccc(F)cc2)n1)NCc1ccc(F)cc1. The Bertz CT molecular complexity index is 957. The van der Waals surface area contributed by atoms with Crippen LogP contribution in [-0.4, -0.2) is 22.4 Å². The highest BCUT2D eigenvalue weighted by molar-refractivity contribution is 8.01. The second-order valence-electron chi connectivity index (χ2n) is 5.90. The molecule has 0 saturated carbocycles. The molecule has 0 unspecified atom stereocenters. The van der Waals surface area contributed by atoms with Crippen molar-refractivity contribution >= 4 is 34.8 Å². The normalized spacial score (nSPS) is 10.6. The Kier molecular flexibility index (Phi) is 6.89. The topological polar surface area (TPSA) is 59.1 Å². The molecule has 1 heterocycles. The maximum absolute atomic E-state index is 12.9. The maximum atomic E-state index is 12.9. The zero-order valence-corrected chi connectivity index (χ0v) is 16.3. The molecule has 1 aromatic heterocycles. The van der Waals surface area contributed by atoms with Gasteiger partial charge in [-0.2, -0.15) is 0 Å². The quantitative estimate of drug-likeness (QED) is 0.439. The van der Waals surface area contributed by atoms with E-state index in [1.807, 2.05) is 0 Å². The number of ketones is 1. The summed E-state index contributed by atoms with van der Waals surface area (Å²) >= 11 is 2.65. The number of Topliss-reactive ketones (excluding diaryl/α,β-unsaturated/α-hetero) is 1. The van der Waals surface area contributed by atoms with Gasteiger partial charge in [0.2, 0.25) is 5.91 Å². The number of aromatic nitrogens is 1. The summed E-state index contributed by atoms with van der Waals surface area (Å²) in [4.78, 5) is 28.5. The van der Waals surface area contributed by atoms with Crippen LogP contribution >= 0.6 is 23.1 Å². The minimum absolute atomic E-state index is 0.112. The Morgan fingerprint density at radius 2 is 1.64 bits per heavy atom. The highest BCUT2D eigenvalue weighted by Gasteiger charge is 2.11. The van der Waals surface area contributed by atoms with Gasteiger partial charge in [-0.1, -0.05) is 23.9 Å². The van der Waals surface area contributed by atoms with Crippen molar-refractivity contribution in [2.24, 2.45) is 0 Å². The van der Waals surface area contributed by atoms with Crippen LogP contribution in [0.5, 0.6) is 0 Å². The first-order valence-electron chi connectivity index (χ1n) is 8.37. The molecule has 0 radical (unpaired) electrons. The van der Waals surface area contributed by atoms with Crippen molar-refractivity contribution in [1.82, 2.24) is 10.3 Å². The van der Waals surface area contributed by atoms with E-state index in [0.29, 0.717) is 22.1 Å². The van der Waals surface area contributed by atoms with Crippen molar-refractivity contribution < 1.29 is 18.4 Å². The maximum Gasteiger partial charge on any atom is 0.226 e. The fraction of sp³-hybridized carbons (Fsp3) is 0.150. The summed E-state index contributed by atoms with van der Waals surface area (Å²) in [5.41, 5.74) is 1.88. The van der Waals surface area contributed by atoms with E-state index in [-0.39, 0.29) is 35.5 Å². The third-order valence-corrected chi connectivity index (χ3v) is 5.84. The monoisotopic (exact) mass is 418 g/mol. The second kappa shape index (κ2) is 9.57. The van der Waals surface area contributed by atoms with E-state index in [0.717, 1.165) is 5.56 Å². The lowest BCUT2D eigenvalue weighted by molar-refractivity contribution is -0.120. The Labute approximate surface area is 169 Å². The second-order valence-corrected chi connectivity index (χ2v) is 7.98. The molecule has 0 aliphatic heterocycles. The van der Waals surface area contributed by atoms with E-state index < -0.39 is 0 Å². The van der Waals surface area contributed by atoms with Crippen LogP contribution in [0.3, 0.4) is 0 Å². The molecule has 2 aromatic carbocycles. The lowest BCUT2D eigenvalue weighted by Crippen LogP contribution is -2.24. The number of nitrogens with zero attached hydrogens (tertiary/aromatic N) is 1. The van der Waals surface area contributed by atoms with E-state index in [2.05, 4.69) is 10.3 Å². The lowest BCUT2D eigenvalue weighted by atomic mass is 10.1. The summed E-state index contributed by atoms with van der Waals surface area (Å²) in [6, 6.07) is 11.3. The molecule has 0 spiro atoms. The molecular weight excluding hydrogens is 402 g/mol. The number of rotatable bonds is 8. The number of nitrogens with one attached hydrogen (secondary N) is 1. The van der Waals surface area contributed by atoms with Crippen LogP contribution in [0.15, 0.2) is 58.3 Å². The Hall–Kier alpha value is -2.58.